The molecule has 0 spiro atoms. The Labute approximate surface area is 182 Å². The molecule has 2 aromatic carbocycles. The summed E-state index contributed by atoms with van der Waals surface area (Å²) in [6.07, 6.45) is -4.33. The number of halogens is 3. The van der Waals surface area contributed by atoms with Crippen molar-refractivity contribution in [3.05, 3.63) is 77.1 Å². The van der Waals surface area contributed by atoms with E-state index in [1.807, 2.05) is 38.1 Å². The highest BCUT2D eigenvalue weighted by Crippen LogP contribution is 2.39. The molecule has 2 heterocycles. The topological polar surface area (TPSA) is 62.3 Å². The van der Waals surface area contributed by atoms with Crippen molar-refractivity contribution in [2.24, 2.45) is 0 Å². The lowest BCUT2D eigenvalue weighted by atomic mass is 9.96. The van der Waals surface area contributed by atoms with Gasteiger partial charge in [-0.1, -0.05) is 24.3 Å². The number of hydrogen-bond acceptors (Lipinski definition) is 3. The molecular formula is C24H20F3N3O2. The van der Waals surface area contributed by atoms with Gasteiger partial charge < -0.3 is 10.2 Å². The minimum atomic E-state index is -4.45. The van der Waals surface area contributed by atoms with Gasteiger partial charge in [0.05, 0.1) is 17.7 Å². The van der Waals surface area contributed by atoms with Gasteiger partial charge in [0.2, 0.25) is 11.8 Å². The van der Waals surface area contributed by atoms with Gasteiger partial charge in [0.1, 0.15) is 6.54 Å². The molecule has 1 N–H and O–H groups in total. The number of nitrogens with zero attached hydrogens (tertiary/aromatic N) is 2. The van der Waals surface area contributed by atoms with Crippen LogP contribution in [0.5, 0.6) is 0 Å². The first-order valence-corrected chi connectivity index (χ1v) is 9.97. The van der Waals surface area contributed by atoms with Gasteiger partial charge in [-0.2, -0.15) is 13.2 Å². The molecule has 164 valence electrons. The van der Waals surface area contributed by atoms with Crippen LogP contribution in [0.25, 0.3) is 11.1 Å². The number of hydrogen-bond donors (Lipinski definition) is 1. The molecule has 0 fully saturated rings. The van der Waals surface area contributed by atoms with Crippen LogP contribution in [0.1, 0.15) is 22.5 Å². The summed E-state index contributed by atoms with van der Waals surface area (Å²) >= 11 is 0. The van der Waals surface area contributed by atoms with Gasteiger partial charge in [-0.25, -0.2) is 0 Å². The van der Waals surface area contributed by atoms with Crippen molar-refractivity contribution in [1.29, 1.82) is 0 Å². The Morgan fingerprint density at radius 1 is 1.09 bits per heavy atom. The fourth-order valence-electron chi connectivity index (χ4n) is 3.92. The van der Waals surface area contributed by atoms with E-state index in [0.29, 0.717) is 11.4 Å². The van der Waals surface area contributed by atoms with E-state index >= 15 is 0 Å². The minimum Gasteiger partial charge on any atom is -0.325 e. The van der Waals surface area contributed by atoms with Crippen LogP contribution in [0.4, 0.5) is 24.5 Å². The standard InChI is InChI=1S/C24H20F3N3O2/c1-14-11-20-23(15(2)28-14)19-6-4-3-5-16(19)12-22(32)30(20)13-21(31)29-18-9-7-17(8-10-18)24(25,26)27/h3-11H,12-13H2,1-2H3,(H,29,31). The van der Waals surface area contributed by atoms with Crippen molar-refractivity contribution < 1.29 is 22.8 Å². The second-order valence-corrected chi connectivity index (χ2v) is 7.68. The maximum absolute atomic E-state index is 13.1. The molecule has 8 heteroatoms. The third-order valence-corrected chi connectivity index (χ3v) is 5.33. The Morgan fingerprint density at radius 3 is 2.47 bits per heavy atom. The first-order valence-electron chi connectivity index (χ1n) is 9.97. The van der Waals surface area contributed by atoms with Crippen LogP contribution in [-0.2, 0) is 22.2 Å². The molecule has 1 aliphatic heterocycles. The zero-order chi connectivity index (χ0) is 23.0. The molecule has 0 bridgehead atoms. The van der Waals surface area contributed by atoms with Gasteiger partial charge in [0.15, 0.2) is 0 Å². The number of amides is 2. The van der Waals surface area contributed by atoms with E-state index in [2.05, 4.69) is 10.3 Å². The highest BCUT2D eigenvalue weighted by Gasteiger charge is 2.31. The molecule has 2 amide bonds. The van der Waals surface area contributed by atoms with E-state index < -0.39 is 17.6 Å². The number of anilines is 2. The van der Waals surface area contributed by atoms with E-state index in [-0.39, 0.29) is 24.6 Å². The monoisotopic (exact) mass is 439 g/mol. The lowest BCUT2D eigenvalue weighted by Crippen LogP contribution is -2.38. The van der Waals surface area contributed by atoms with Gasteiger partial charge in [0.25, 0.3) is 0 Å². The number of alkyl halides is 3. The molecule has 0 saturated carbocycles. The molecule has 1 aromatic heterocycles. The van der Waals surface area contributed by atoms with E-state index in [4.69, 9.17) is 0 Å². The lowest BCUT2D eigenvalue weighted by Gasteiger charge is -2.24. The zero-order valence-corrected chi connectivity index (χ0v) is 17.5. The van der Waals surface area contributed by atoms with Crippen LogP contribution in [-0.4, -0.2) is 23.3 Å². The third-order valence-electron chi connectivity index (χ3n) is 5.33. The number of rotatable bonds is 3. The Balaban J connectivity index is 1.64. The van der Waals surface area contributed by atoms with Crippen LogP contribution in [0.3, 0.4) is 0 Å². The zero-order valence-electron chi connectivity index (χ0n) is 17.5. The summed E-state index contributed by atoms with van der Waals surface area (Å²) in [6.45, 7) is 3.40. The number of aryl methyl sites for hydroxylation is 2. The summed E-state index contributed by atoms with van der Waals surface area (Å²) in [6, 6.07) is 13.5. The third kappa shape index (κ3) is 4.21. The number of benzene rings is 2. The normalized spacial score (nSPS) is 13.3. The number of aromatic nitrogens is 1. The molecule has 32 heavy (non-hydrogen) atoms. The summed E-state index contributed by atoms with van der Waals surface area (Å²) in [5.41, 5.74) is 3.99. The summed E-state index contributed by atoms with van der Waals surface area (Å²) in [5, 5.41) is 2.57. The van der Waals surface area contributed by atoms with Crippen molar-refractivity contribution in [2.75, 3.05) is 16.8 Å². The minimum absolute atomic E-state index is 0.122. The van der Waals surface area contributed by atoms with Crippen LogP contribution in [0, 0.1) is 13.8 Å². The maximum Gasteiger partial charge on any atom is 0.416 e. The molecule has 0 radical (unpaired) electrons. The quantitative estimate of drug-likeness (QED) is 0.631. The second kappa shape index (κ2) is 8.11. The molecule has 3 aromatic rings. The van der Waals surface area contributed by atoms with Crippen molar-refractivity contribution >= 4 is 23.2 Å². The van der Waals surface area contributed by atoms with Gasteiger partial charge in [0, 0.05) is 22.6 Å². The van der Waals surface area contributed by atoms with E-state index in [9.17, 15) is 22.8 Å². The van der Waals surface area contributed by atoms with E-state index in [0.717, 1.165) is 34.5 Å². The number of nitrogens with one attached hydrogen (secondary N) is 1. The van der Waals surface area contributed by atoms with Gasteiger partial charge >= 0.3 is 6.18 Å². The summed E-state index contributed by atoms with van der Waals surface area (Å²) in [5.74, 6) is -0.758. The molecule has 0 unspecified atom stereocenters. The Morgan fingerprint density at radius 2 is 1.78 bits per heavy atom. The second-order valence-electron chi connectivity index (χ2n) is 7.68. The summed E-state index contributed by atoms with van der Waals surface area (Å²) in [7, 11) is 0. The smallest absolute Gasteiger partial charge is 0.325 e. The number of fused-ring (bicyclic) bond motifs is 3. The van der Waals surface area contributed by atoms with Crippen molar-refractivity contribution in [3.8, 4) is 11.1 Å². The SMILES string of the molecule is Cc1cc2c(c(C)n1)-c1ccccc1CC(=O)N2CC(=O)Nc1ccc(C(F)(F)F)cc1. The van der Waals surface area contributed by atoms with Crippen LogP contribution in [0.2, 0.25) is 0 Å². The number of carbonyl (C=O) groups is 2. The highest BCUT2D eigenvalue weighted by atomic mass is 19.4. The number of carbonyl (C=O) groups excluding carboxylic acids is 2. The van der Waals surface area contributed by atoms with Crippen LogP contribution in [0.15, 0.2) is 54.6 Å². The number of pyridine rings is 1. The average molecular weight is 439 g/mol. The van der Waals surface area contributed by atoms with E-state index in [1.165, 1.54) is 17.0 Å². The van der Waals surface area contributed by atoms with Crippen LogP contribution < -0.4 is 10.2 Å². The first-order chi connectivity index (χ1) is 15.1. The summed E-state index contributed by atoms with van der Waals surface area (Å²) < 4.78 is 38.3. The van der Waals surface area contributed by atoms with Crippen molar-refractivity contribution in [2.45, 2.75) is 26.4 Å². The Bertz CT molecular complexity index is 1200. The van der Waals surface area contributed by atoms with Gasteiger partial charge in [-0.15, -0.1) is 0 Å². The van der Waals surface area contributed by atoms with Crippen molar-refractivity contribution in [3.63, 3.8) is 0 Å². The fraction of sp³-hybridized carbons (Fsp3) is 0.208. The summed E-state index contributed by atoms with van der Waals surface area (Å²) in [4.78, 5) is 31.8. The Hall–Kier alpha value is -3.68. The average Bonchev–Trinajstić information content (AvgIpc) is 2.82. The highest BCUT2D eigenvalue weighted by molar-refractivity contribution is 6.07. The maximum atomic E-state index is 13.1. The molecule has 0 atom stereocenters. The molecule has 4 rings (SSSR count). The van der Waals surface area contributed by atoms with Crippen molar-refractivity contribution in [1.82, 2.24) is 4.98 Å². The van der Waals surface area contributed by atoms with Gasteiger partial charge in [-0.05, 0) is 55.3 Å². The largest absolute Gasteiger partial charge is 0.416 e. The van der Waals surface area contributed by atoms with E-state index in [1.54, 1.807) is 6.07 Å². The molecule has 5 nitrogen and oxygen atoms in total. The predicted molar refractivity (Wildman–Crippen MR) is 115 cm³/mol. The molecule has 1 aliphatic rings. The van der Waals surface area contributed by atoms with Crippen LogP contribution >= 0.6 is 0 Å². The Kier molecular flexibility index (Phi) is 5.46. The molecular weight excluding hydrogens is 419 g/mol. The predicted octanol–water partition coefficient (Wildman–Crippen LogP) is 4.91. The first kappa shape index (κ1) is 21.5. The van der Waals surface area contributed by atoms with Gasteiger partial charge in [-0.3, -0.25) is 14.6 Å². The molecule has 0 aliphatic carbocycles. The lowest BCUT2D eigenvalue weighted by molar-refractivity contribution is -0.137. The fourth-order valence-corrected chi connectivity index (χ4v) is 3.92. The molecule has 0 saturated heterocycles.